The van der Waals surface area contributed by atoms with Gasteiger partial charge in [0.2, 0.25) is 5.88 Å². The Morgan fingerprint density at radius 2 is 1.92 bits per heavy atom. The molecule has 2 aromatic heterocycles. The second-order valence-electron chi connectivity index (χ2n) is 5.87. The van der Waals surface area contributed by atoms with Gasteiger partial charge >= 0.3 is 0 Å². The van der Waals surface area contributed by atoms with Crippen molar-refractivity contribution in [2.75, 3.05) is 0 Å². The fraction of sp³-hybridized carbons (Fsp3) is 0.100. The van der Waals surface area contributed by atoms with Crippen LogP contribution in [0.15, 0.2) is 60.2 Å². The standard InChI is InChI=1S/C20H15ClN2O2S/c1-12(24)14-3-2-4-16(9-14)25-19-18-17(10-26-20(18)23-11-22-19)13-5-7-15(21)8-6-13/h2-12,24H,1H3/t12-/m0/s1. The molecular weight excluding hydrogens is 368 g/mol. The van der Waals surface area contributed by atoms with Crippen molar-refractivity contribution in [2.45, 2.75) is 13.0 Å². The molecule has 0 saturated heterocycles. The highest BCUT2D eigenvalue weighted by atomic mass is 35.5. The summed E-state index contributed by atoms with van der Waals surface area (Å²) in [6.45, 7) is 1.72. The molecule has 0 amide bonds. The maximum Gasteiger partial charge on any atom is 0.231 e. The van der Waals surface area contributed by atoms with Crippen molar-refractivity contribution < 1.29 is 9.84 Å². The summed E-state index contributed by atoms with van der Waals surface area (Å²) in [5, 5.41) is 13.4. The van der Waals surface area contributed by atoms with Crippen molar-refractivity contribution in [1.29, 1.82) is 0 Å². The number of benzene rings is 2. The van der Waals surface area contributed by atoms with E-state index in [2.05, 4.69) is 9.97 Å². The number of thiophene rings is 1. The fourth-order valence-electron chi connectivity index (χ4n) is 2.72. The van der Waals surface area contributed by atoms with E-state index in [0.717, 1.165) is 26.9 Å². The van der Waals surface area contributed by atoms with E-state index in [0.29, 0.717) is 16.7 Å². The summed E-state index contributed by atoms with van der Waals surface area (Å²) in [5.41, 5.74) is 2.82. The topological polar surface area (TPSA) is 55.2 Å². The van der Waals surface area contributed by atoms with Gasteiger partial charge in [-0.05, 0) is 42.3 Å². The van der Waals surface area contributed by atoms with Crippen molar-refractivity contribution in [3.05, 3.63) is 70.8 Å². The summed E-state index contributed by atoms with van der Waals surface area (Å²) in [6.07, 6.45) is 0.938. The van der Waals surface area contributed by atoms with Gasteiger partial charge in [-0.3, -0.25) is 0 Å². The molecule has 0 aliphatic heterocycles. The van der Waals surface area contributed by atoms with Gasteiger partial charge in [0, 0.05) is 16.0 Å². The first-order chi connectivity index (χ1) is 12.6. The number of nitrogens with zero attached hydrogens (tertiary/aromatic N) is 2. The second-order valence-corrected chi connectivity index (χ2v) is 7.16. The number of rotatable bonds is 4. The minimum absolute atomic E-state index is 0.490. The highest BCUT2D eigenvalue weighted by molar-refractivity contribution is 7.17. The Labute approximate surface area is 159 Å². The molecule has 4 nitrogen and oxygen atoms in total. The molecule has 0 aliphatic carbocycles. The number of hydrogen-bond acceptors (Lipinski definition) is 5. The van der Waals surface area contributed by atoms with Crippen LogP contribution < -0.4 is 4.74 Å². The Morgan fingerprint density at radius 3 is 2.69 bits per heavy atom. The van der Waals surface area contributed by atoms with Crippen LogP contribution in [0.2, 0.25) is 5.02 Å². The maximum atomic E-state index is 9.78. The molecular formula is C20H15ClN2O2S. The molecule has 2 heterocycles. The minimum Gasteiger partial charge on any atom is -0.438 e. The molecule has 4 rings (SSSR count). The van der Waals surface area contributed by atoms with Crippen LogP contribution >= 0.6 is 22.9 Å². The predicted octanol–water partition coefficient (Wildman–Crippen LogP) is 5.86. The van der Waals surface area contributed by atoms with Crippen molar-refractivity contribution in [1.82, 2.24) is 9.97 Å². The minimum atomic E-state index is -0.560. The van der Waals surface area contributed by atoms with Gasteiger partial charge in [0.05, 0.1) is 11.5 Å². The zero-order valence-electron chi connectivity index (χ0n) is 13.9. The molecule has 0 bridgehead atoms. The lowest BCUT2D eigenvalue weighted by Crippen LogP contribution is -1.94. The first-order valence-corrected chi connectivity index (χ1v) is 9.31. The van der Waals surface area contributed by atoms with E-state index in [-0.39, 0.29) is 0 Å². The smallest absolute Gasteiger partial charge is 0.231 e. The predicted molar refractivity (Wildman–Crippen MR) is 105 cm³/mol. The van der Waals surface area contributed by atoms with Crippen LogP contribution in [0.3, 0.4) is 0 Å². The van der Waals surface area contributed by atoms with Gasteiger partial charge in [-0.15, -0.1) is 11.3 Å². The van der Waals surface area contributed by atoms with Crippen LogP contribution in [0.1, 0.15) is 18.6 Å². The lowest BCUT2D eigenvalue weighted by Gasteiger charge is -2.10. The summed E-state index contributed by atoms with van der Waals surface area (Å²) in [6, 6.07) is 15.0. The summed E-state index contributed by atoms with van der Waals surface area (Å²) < 4.78 is 6.05. The molecule has 4 aromatic rings. The van der Waals surface area contributed by atoms with Crippen LogP contribution in [0, 0.1) is 0 Å². The first kappa shape index (κ1) is 17.0. The molecule has 0 spiro atoms. The number of halogens is 1. The fourth-order valence-corrected chi connectivity index (χ4v) is 3.75. The summed E-state index contributed by atoms with van der Waals surface area (Å²) in [4.78, 5) is 9.55. The number of aliphatic hydroxyl groups is 1. The molecule has 1 atom stereocenters. The molecule has 26 heavy (non-hydrogen) atoms. The average molecular weight is 383 g/mol. The number of ether oxygens (including phenoxy) is 1. The lowest BCUT2D eigenvalue weighted by atomic mass is 10.1. The largest absolute Gasteiger partial charge is 0.438 e. The van der Waals surface area contributed by atoms with Crippen molar-refractivity contribution in [3.63, 3.8) is 0 Å². The van der Waals surface area contributed by atoms with Crippen molar-refractivity contribution in [2.24, 2.45) is 0 Å². The molecule has 130 valence electrons. The molecule has 1 N–H and O–H groups in total. The van der Waals surface area contributed by atoms with E-state index in [9.17, 15) is 5.11 Å². The van der Waals surface area contributed by atoms with E-state index in [1.54, 1.807) is 18.3 Å². The Kier molecular flexibility index (Phi) is 4.59. The highest BCUT2D eigenvalue weighted by Crippen LogP contribution is 2.39. The van der Waals surface area contributed by atoms with E-state index in [4.69, 9.17) is 16.3 Å². The Morgan fingerprint density at radius 1 is 1.12 bits per heavy atom. The third-order valence-electron chi connectivity index (χ3n) is 4.05. The van der Waals surface area contributed by atoms with Crippen LogP contribution in [0.5, 0.6) is 11.6 Å². The Hall–Kier alpha value is -2.47. The van der Waals surface area contributed by atoms with Gasteiger partial charge in [-0.25, -0.2) is 9.97 Å². The van der Waals surface area contributed by atoms with Gasteiger partial charge in [0.1, 0.15) is 16.9 Å². The van der Waals surface area contributed by atoms with E-state index in [1.807, 2.05) is 53.9 Å². The molecule has 0 aliphatic rings. The van der Waals surface area contributed by atoms with Crippen LogP contribution in [-0.2, 0) is 0 Å². The molecule has 6 heteroatoms. The Balaban J connectivity index is 1.79. The van der Waals surface area contributed by atoms with Gasteiger partial charge in [-0.1, -0.05) is 35.9 Å². The van der Waals surface area contributed by atoms with E-state index in [1.165, 1.54) is 6.33 Å². The Bertz CT molecular complexity index is 1060. The summed E-state index contributed by atoms with van der Waals surface area (Å²) >= 11 is 7.54. The SMILES string of the molecule is C[C@H](O)c1cccc(Oc2ncnc3scc(-c4ccc(Cl)cc4)c23)c1. The molecule has 0 saturated carbocycles. The molecule has 0 radical (unpaired) electrons. The third kappa shape index (κ3) is 3.29. The van der Waals surface area contributed by atoms with Crippen molar-refractivity contribution in [3.8, 4) is 22.8 Å². The molecule has 2 aromatic carbocycles. The van der Waals surface area contributed by atoms with Gasteiger partial charge < -0.3 is 9.84 Å². The number of hydrogen-bond donors (Lipinski definition) is 1. The van der Waals surface area contributed by atoms with Crippen molar-refractivity contribution >= 4 is 33.2 Å². The van der Waals surface area contributed by atoms with Crippen LogP contribution in [-0.4, -0.2) is 15.1 Å². The van der Waals surface area contributed by atoms with E-state index < -0.39 is 6.10 Å². The van der Waals surface area contributed by atoms with E-state index >= 15 is 0 Å². The third-order valence-corrected chi connectivity index (χ3v) is 5.18. The normalized spacial score (nSPS) is 12.3. The van der Waals surface area contributed by atoms with Gasteiger partial charge in [-0.2, -0.15) is 0 Å². The summed E-state index contributed by atoms with van der Waals surface area (Å²) in [5.74, 6) is 1.11. The van der Waals surface area contributed by atoms with Crippen LogP contribution in [0.4, 0.5) is 0 Å². The number of aromatic nitrogens is 2. The lowest BCUT2D eigenvalue weighted by molar-refractivity contribution is 0.199. The zero-order valence-corrected chi connectivity index (χ0v) is 15.5. The van der Waals surface area contributed by atoms with Gasteiger partial charge in [0.25, 0.3) is 0 Å². The average Bonchev–Trinajstić information content (AvgIpc) is 3.08. The molecule has 0 fully saturated rings. The monoisotopic (exact) mass is 382 g/mol. The maximum absolute atomic E-state index is 9.78. The second kappa shape index (κ2) is 7.03. The highest BCUT2D eigenvalue weighted by Gasteiger charge is 2.15. The number of aliphatic hydroxyl groups excluding tert-OH is 1. The quantitative estimate of drug-likeness (QED) is 0.480. The zero-order chi connectivity index (χ0) is 18.1. The van der Waals surface area contributed by atoms with Gasteiger partial charge in [0.15, 0.2) is 0 Å². The van der Waals surface area contributed by atoms with Crippen LogP contribution in [0.25, 0.3) is 21.3 Å². The number of fused-ring (bicyclic) bond motifs is 1. The molecule has 0 unspecified atom stereocenters. The first-order valence-electron chi connectivity index (χ1n) is 8.06. The summed E-state index contributed by atoms with van der Waals surface area (Å²) in [7, 11) is 0.